The zero-order valence-corrected chi connectivity index (χ0v) is 9.41. The van der Waals surface area contributed by atoms with Gasteiger partial charge in [0.25, 0.3) is 0 Å². The van der Waals surface area contributed by atoms with Crippen LogP contribution >= 0.6 is 0 Å². The third-order valence-electron chi connectivity index (χ3n) is 2.41. The fraction of sp³-hybridized carbons (Fsp3) is 0.222. The van der Waals surface area contributed by atoms with Crippen LogP contribution in [0.15, 0.2) is 18.7 Å². The summed E-state index contributed by atoms with van der Waals surface area (Å²) in [5.74, 6) is 0.827. The summed E-state index contributed by atoms with van der Waals surface area (Å²) in [7, 11) is 0. The number of nitrogen functional groups attached to an aromatic ring is 1. The van der Waals surface area contributed by atoms with Crippen molar-refractivity contribution in [3.8, 4) is 0 Å². The van der Waals surface area contributed by atoms with Gasteiger partial charge in [0.1, 0.15) is 5.52 Å². The molecular formula is C9H11N9. The van der Waals surface area contributed by atoms with E-state index in [1.807, 2.05) is 0 Å². The lowest BCUT2D eigenvalue weighted by atomic mass is 10.4. The van der Waals surface area contributed by atoms with Gasteiger partial charge in [0, 0.05) is 12.7 Å². The summed E-state index contributed by atoms with van der Waals surface area (Å²) < 4.78 is 1.72. The number of nitrogens with zero attached hydrogens (tertiary/aromatic N) is 6. The van der Waals surface area contributed by atoms with Gasteiger partial charge in [-0.3, -0.25) is 4.68 Å². The highest BCUT2D eigenvalue weighted by molar-refractivity contribution is 5.83. The first-order valence-corrected chi connectivity index (χ1v) is 5.37. The molecule has 3 heterocycles. The number of fused-ring (bicyclic) bond motifs is 1. The number of anilines is 2. The van der Waals surface area contributed by atoms with Crippen LogP contribution in [0.1, 0.15) is 0 Å². The van der Waals surface area contributed by atoms with Gasteiger partial charge >= 0.3 is 0 Å². The Kier molecular flexibility index (Phi) is 2.48. The molecule has 0 spiro atoms. The van der Waals surface area contributed by atoms with Crippen molar-refractivity contribution in [2.24, 2.45) is 0 Å². The van der Waals surface area contributed by atoms with Crippen LogP contribution in [-0.4, -0.2) is 41.5 Å². The second kappa shape index (κ2) is 4.28. The molecule has 0 saturated heterocycles. The van der Waals surface area contributed by atoms with Crippen LogP contribution in [0.5, 0.6) is 0 Å². The highest BCUT2D eigenvalue weighted by Gasteiger charge is 2.07. The largest absolute Gasteiger partial charge is 0.368 e. The van der Waals surface area contributed by atoms with Gasteiger partial charge in [0.05, 0.1) is 19.1 Å². The summed E-state index contributed by atoms with van der Waals surface area (Å²) in [5, 5.41) is 10.8. The number of nitrogens with two attached hydrogens (primary N) is 1. The molecule has 0 aliphatic carbocycles. The van der Waals surface area contributed by atoms with Crippen LogP contribution in [0.25, 0.3) is 11.2 Å². The lowest BCUT2D eigenvalue weighted by molar-refractivity contribution is 0.608. The number of aromatic nitrogens is 7. The molecule has 0 amide bonds. The number of nitrogens with one attached hydrogen (secondary N) is 2. The molecule has 3 aromatic rings. The fourth-order valence-electron chi connectivity index (χ4n) is 1.62. The van der Waals surface area contributed by atoms with E-state index in [4.69, 9.17) is 5.73 Å². The zero-order valence-electron chi connectivity index (χ0n) is 9.41. The highest BCUT2D eigenvalue weighted by atomic mass is 15.4. The molecule has 0 atom stereocenters. The Morgan fingerprint density at radius 2 is 2.33 bits per heavy atom. The van der Waals surface area contributed by atoms with E-state index in [-0.39, 0.29) is 5.95 Å². The molecule has 0 unspecified atom stereocenters. The van der Waals surface area contributed by atoms with Gasteiger partial charge in [-0.1, -0.05) is 5.21 Å². The molecule has 0 aliphatic heterocycles. The van der Waals surface area contributed by atoms with Crippen LogP contribution in [0.3, 0.4) is 0 Å². The maximum absolute atomic E-state index is 5.61. The molecule has 3 rings (SSSR count). The topological polar surface area (TPSA) is 123 Å². The standard InChI is InChI=1S/C9H11N9/c10-9-15-7(6-8(16-9)13-5-12-6)11-1-3-18-4-2-14-17-18/h2,4-5H,1,3H2,(H4,10,11,12,13,15,16). The van der Waals surface area contributed by atoms with Gasteiger partial charge in [0.15, 0.2) is 11.5 Å². The van der Waals surface area contributed by atoms with E-state index in [2.05, 4.69) is 35.6 Å². The number of H-pyrrole nitrogens is 1. The summed E-state index contributed by atoms with van der Waals surface area (Å²) in [6.45, 7) is 1.33. The van der Waals surface area contributed by atoms with E-state index < -0.39 is 0 Å². The number of rotatable bonds is 4. The number of imidazole rings is 1. The molecule has 92 valence electrons. The lowest BCUT2D eigenvalue weighted by Gasteiger charge is -2.06. The summed E-state index contributed by atoms with van der Waals surface area (Å²) in [6, 6.07) is 0. The Labute approximate surface area is 101 Å². The van der Waals surface area contributed by atoms with Gasteiger partial charge in [-0.05, 0) is 0 Å². The Bertz CT molecular complexity index is 641. The van der Waals surface area contributed by atoms with Crippen LogP contribution in [0, 0.1) is 0 Å². The normalized spacial score (nSPS) is 10.9. The number of aromatic amines is 1. The van der Waals surface area contributed by atoms with E-state index in [9.17, 15) is 0 Å². The minimum absolute atomic E-state index is 0.192. The lowest BCUT2D eigenvalue weighted by Crippen LogP contribution is -2.13. The van der Waals surface area contributed by atoms with Crippen LogP contribution in [0.2, 0.25) is 0 Å². The molecule has 0 bridgehead atoms. The summed E-state index contributed by atoms with van der Waals surface area (Å²) in [5.41, 5.74) is 6.89. The molecule has 3 aromatic heterocycles. The molecule has 0 radical (unpaired) electrons. The predicted molar refractivity (Wildman–Crippen MR) is 64.6 cm³/mol. The van der Waals surface area contributed by atoms with Crippen molar-refractivity contribution < 1.29 is 0 Å². The van der Waals surface area contributed by atoms with Gasteiger partial charge in [-0.25, -0.2) is 4.98 Å². The van der Waals surface area contributed by atoms with Gasteiger partial charge in [-0.2, -0.15) is 9.97 Å². The predicted octanol–water partition coefficient (Wildman–Crippen LogP) is -0.361. The SMILES string of the molecule is Nc1nc(NCCn2ccnn2)c2[nH]cnc2n1. The summed E-state index contributed by atoms with van der Waals surface area (Å²) >= 11 is 0. The second-order valence-electron chi connectivity index (χ2n) is 3.62. The number of hydrogen-bond acceptors (Lipinski definition) is 7. The molecule has 4 N–H and O–H groups in total. The first-order valence-electron chi connectivity index (χ1n) is 5.37. The van der Waals surface area contributed by atoms with E-state index in [0.717, 1.165) is 5.52 Å². The van der Waals surface area contributed by atoms with Crippen molar-refractivity contribution in [3.63, 3.8) is 0 Å². The van der Waals surface area contributed by atoms with Crippen molar-refractivity contribution in [1.29, 1.82) is 0 Å². The van der Waals surface area contributed by atoms with E-state index in [0.29, 0.717) is 24.6 Å². The van der Waals surface area contributed by atoms with Crippen molar-refractivity contribution in [3.05, 3.63) is 18.7 Å². The Hall–Kier alpha value is -2.71. The first-order chi connectivity index (χ1) is 8.83. The molecule has 0 fully saturated rings. The van der Waals surface area contributed by atoms with E-state index >= 15 is 0 Å². The van der Waals surface area contributed by atoms with Crippen LogP contribution < -0.4 is 11.1 Å². The van der Waals surface area contributed by atoms with Crippen molar-refractivity contribution >= 4 is 22.9 Å². The third-order valence-corrected chi connectivity index (χ3v) is 2.41. The Balaban J connectivity index is 1.75. The fourth-order valence-corrected chi connectivity index (χ4v) is 1.62. The molecule has 9 heteroatoms. The summed E-state index contributed by atoms with van der Waals surface area (Å²) in [4.78, 5) is 15.2. The van der Waals surface area contributed by atoms with Gasteiger partial charge in [0.2, 0.25) is 5.95 Å². The monoisotopic (exact) mass is 245 g/mol. The quantitative estimate of drug-likeness (QED) is 0.573. The molecular weight excluding hydrogens is 234 g/mol. The maximum Gasteiger partial charge on any atom is 0.224 e. The van der Waals surface area contributed by atoms with E-state index in [1.54, 1.807) is 23.4 Å². The van der Waals surface area contributed by atoms with Crippen molar-refractivity contribution in [2.45, 2.75) is 6.54 Å². The molecule has 0 aliphatic rings. The smallest absolute Gasteiger partial charge is 0.224 e. The van der Waals surface area contributed by atoms with Crippen LogP contribution in [-0.2, 0) is 6.54 Å². The average molecular weight is 245 g/mol. The summed E-state index contributed by atoms with van der Waals surface area (Å²) in [6.07, 6.45) is 4.99. The van der Waals surface area contributed by atoms with Gasteiger partial charge in [-0.15, -0.1) is 5.10 Å². The zero-order chi connectivity index (χ0) is 12.4. The van der Waals surface area contributed by atoms with E-state index in [1.165, 1.54) is 0 Å². The highest BCUT2D eigenvalue weighted by Crippen LogP contribution is 2.16. The van der Waals surface area contributed by atoms with Crippen molar-refractivity contribution in [1.82, 2.24) is 34.9 Å². The first kappa shape index (κ1) is 10.4. The minimum atomic E-state index is 0.192. The maximum atomic E-state index is 5.61. The molecule has 9 nitrogen and oxygen atoms in total. The minimum Gasteiger partial charge on any atom is -0.368 e. The number of hydrogen-bond donors (Lipinski definition) is 3. The molecule has 0 aromatic carbocycles. The van der Waals surface area contributed by atoms with Crippen molar-refractivity contribution in [2.75, 3.05) is 17.6 Å². The Morgan fingerprint density at radius 1 is 1.39 bits per heavy atom. The molecule has 18 heavy (non-hydrogen) atoms. The Morgan fingerprint density at radius 3 is 3.17 bits per heavy atom. The third kappa shape index (κ3) is 1.93. The van der Waals surface area contributed by atoms with Crippen LogP contribution in [0.4, 0.5) is 11.8 Å². The molecule has 0 saturated carbocycles. The average Bonchev–Trinajstić information content (AvgIpc) is 2.98. The van der Waals surface area contributed by atoms with Gasteiger partial charge < -0.3 is 16.0 Å². The second-order valence-corrected chi connectivity index (χ2v) is 3.62.